The van der Waals surface area contributed by atoms with Crippen LogP contribution in [0.15, 0.2) is 48.5 Å². The predicted molar refractivity (Wildman–Crippen MR) is 128 cm³/mol. The Balaban J connectivity index is 1.37. The van der Waals surface area contributed by atoms with Crippen LogP contribution < -0.4 is 14.4 Å². The third kappa shape index (κ3) is 4.85. The quantitative estimate of drug-likeness (QED) is 0.504. The molecule has 0 bridgehead atoms. The fraction of sp³-hybridized carbons (Fsp3) is 0.480. The van der Waals surface area contributed by atoms with Crippen molar-refractivity contribution in [3.8, 4) is 11.5 Å². The van der Waals surface area contributed by atoms with Crippen LogP contribution in [-0.2, 0) is 11.3 Å². The molecule has 0 saturated carbocycles. The molecule has 0 radical (unpaired) electrons. The highest BCUT2D eigenvalue weighted by molar-refractivity contribution is 5.49. The minimum Gasteiger partial charge on any atom is -0.497 e. The number of anilines is 1. The molecule has 5 rings (SSSR count). The highest BCUT2D eigenvalue weighted by atomic mass is 16.5. The lowest BCUT2D eigenvalue weighted by Gasteiger charge is -2.40. The van der Waals surface area contributed by atoms with Crippen LogP contribution in [0.5, 0.6) is 11.5 Å². The number of nitrogens with zero attached hydrogens (tertiary/aromatic N) is 6. The Labute approximate surface area is 200 Å². The Hall–Kier alpha value is -3.17. The van der Waals surface area contributed by atoms with E-state index in [1.165, 1.54) is 5.69 Å². The van der Waals surface area contributed by atoms with Gasteiger partial charge in [-0.25, -0.2) is 4.68 Å². The molecule has 9 heteroatoms. The molecule has 2 aromatic carbocycles. The summed E-state index contributed by atoms with van der Waals surface area (Å²) < 4.78 is 18.5. The maximum Gasteiger partial charge on any atom is 0.173 e. The number of benzene rings is 2. The minimum absolute atomic E-state index is 0.0414. The van der Waals surface area contributed by atoms with E-state index in [1.54, 1.807) is 14.2 Å². The first kappa shape index (κ1) is 22.6. The first-order valence-corrected chi connectivity index (χ1v) is 11.9. The summed E-state index contributed by atoms with van der Waals surface area (Å²) >= 11 is 0. The van der Waals surface area contributed by atoms with Crippen LogP contribution in [0.2, 0.25) is 0 Å². The average Bonchev–Trinajstić information content (AvgIpc) is 3.58. The molecular weight excluding hydrogens is 432 g/mol. The number of hydrogen-bond donors (Lipinski definition) is 0. The van der Waals surface area contributed by atoms with Crippen molar-refractivity contribution in [1.29, 1.82) is 0 Å². The standard InChI is InChI=1S/C25H32N6O3/c1-32-21-9-5-19(6-10-21)24(25-26-27-28-31(25)18-23-4-3-17-34-23)30-15-13-29(14-16-30)20-7-11-22(33-2)12-8-20/h5-12,23-24H,3-4,13-18H2,1-2H3. The van der Waals surface area contributed by atoms with Gasteiger partial charge in [-0.3, -0.25) is 4.90 Å². The summed E-state index contributed by atoms with van der Waals surface area (Å²) in [5.41, 5.74) is 2.37. The van der Waals surface area contributed by atoms with E-state index in [0.717, 1.165) is 68.5 Å². The predicted octanol–water partition coefficient (Wildman–Crippen LogP) is 2.78. The molecule has 9 nitrogen and oxygen atoms in total. The summed E-state index contributed by atoms with van der Waals surface area (Å²) in [7, 11) is 3.38. The van der Waals surface area contributed by atoms with Gasteiger partial charge in [0, 0.05) is 38.5 Å². The van der Waals surface area contributed by atoms with E-state index in [4.69, 9.17) is 14.2 Å². The van der Waals surface area contributed by atoms with Crippen molar-refractivity contribution in [3.05, 3.63) is 59.9 Å². The zero-order valence-electron chi connectivity index (χ0n) is 19.8. The summed E-state index contributed by atoms with van der Waals surface area (Å²) in [6.07, 6.45) is 2.32. The molecule has 180 valence electrons. The van der Waals surface area contributed by atoms with Gasteiger partial charge >= 0.3 is 0 Å². The van der Waals surface area contributed by atoms with Crippen LogP contribution >= 0.6 is 0 Å². The van der Waals surface area contributed by atoms with Crippen molar-refractivity contribution in [3.63, 3.8) is 0 Å². The SMILES string of the molecule is COc1ccc(C(c2nnnn2CC2CCCO2)N2CCN(c3ccc(OC)cc3)CC2)cc1. The molecule has 34 heavy (non-hydrogen) atoms. The number of hydrogen-bond acceptors (Lipinski definition) is 8. The lowest BCUT2D eigenvalue weighted by atomic mass is 10.0. The van der Waals surface area contributed by atoms with Crippen molar-refractivity contribution in [1.82, 2.24) is 25.1 Å². The molecule has 0 amide bonds. The normalized spacial score (nSPS) is 19.8. The number of aromatic nitrogens is 4. The molecular formula is C25H32N6O3. The number of methoxy groups -OCH3 is 2. The van der Waals surface area contributed by atoms with E-state index >= 15 is 0 Å². The summed E-state index contributed by atoms with van der Waals surface area (Å²) in [5.74, 6) is 2.57. The highest BCUT2D eigenvalue weighted by Crippen LogP contribution is 2.31. The molecule has 2 aliphatic heterocycles. The van der Waals surface area contributed by atoms with E-state index in [0.29, 0.717) is 6.54 Å². The molecule has 2 unspecified atom stereocenters. The van der Waals surface area contributed by atoms with Crippen molar-refractivity contribution in [2.24, 2.45) is 0 Å². The Kier molecular flexibility index (Phi) is 6.92. The summed E-state index contributed by atoms with van der Waals surface area (Å²) in [5, 5.41) is 12.9. The van der Waals surface area contributed by atoms with Crippen LogP contribution in [0, 0.1) is 0 Å². The van der Waals surface area contributed by atoms with E-state index in [1.807, 2.05) is 28.9 Å². The first-order valence-electron chi connectivity index (χ1n) is 11.9. The number of ether oxygens (including phenoxy) is 3. The third-order valence-electron chi connectivity index (χ3n) is 6.75. The maximum atomic E-state index is 5.86. The van der Waals surface area contributed by atoms with Crippen LogP contribution in [0.1, 0.15) is 30.3 Å². The third-order valence-corrected chi connectivity index (χ3v) is 6.75. The van der Waals surface area contributed by atoms with E-state index in [-0.39, 0.29) is 12.1 Å². The fourth-order valence-corrected chi connectivity index (χ4v) is 4.86. The van der Waals surface area contributed by atoms with Gasteiger partial charge in [0.05, 0.1) is 32.9 Å². The second-order valence-corrected chi connectivity index (χ2v) is 8.75. The van der Waals surface area contributed by atoms with Gasteiger partial charge in [0.2, 0.25) is 0 Å². The molecule has 0 aliphatic carbocycles. The van der Waals surface area contributed by atoms with Gasteiger partial charge in [0.25, 0.3) is 0 Å². The number of piperazine rings is 1. The topological polar surface area (TPSA) is 77.8 Å². The highest BCUT2D eigenvalue weighted by Gasteiger charge is 2.31. The van der Waals surface area contributed by atoms with Gasteiger partial charge in [0.15, 0.2) is 5.82 Å². The molecule has 2 aliphatic rings. The van der Waals surface area contributed by atoms with Crippen LogP contribution in [0.3, 0.4) is 0 Å². The summed E-state index contributed by atoms with van der Waals surface area (Å²) in [6, 6.07) is 16.5. The van der Waals surface area contributed by atoms with Crippen molar-refractivity contribution >= 4 is 5.69 Å². The second-order valence-electron chi connectivity index (χ2n) is 8.75. The Morgan fingerprint density at radius 3 is 2.24 bits per heavy atom. The van der Waals surface area contributed by atoms with Crippen LogP contribution in [0.25, 0.3) is 0 Å². The van der Waals surface area contributed by atoms with Gasteiger partial charge < -0.3 is 19.1 Å². The zero-order valence-corrected chi connectivity index (χ0v) is 19.8. The molecule has 2 atom stereocenters. The monoisotopic (exact) mass is 464 g/mol. The van der Waals surface area contributed by atoms with Gasteiger partial charge in [0.1, 0.15) is 11.5 Å². The van der Waals surface area contributed by atoms with Gasteiger partial charge in [-0.05, 0) is 65.2 Å². The first-order chi connectivity index (χ1) is 16.7. The molecule has 0 N–H and O–H groups in total. The molecule has 3 heterocycles. The molecule has 2 fully saturated rings. The van der Waals surface area contributed by atoms with Gasteiger partial charge in [-0.2, -0.15) is 0 Å². The van der Waals surface area contributed by atoms with Crippen LogP contribution in [0.4, 0.5) is 5.69 Å². The van der Waals surface area contributed by atoms with Gasteiger partial charge in [-0.15, -0.1) is 5.10 Å². The maximum absolute atomic E-state index is 5.86. The van der Waals surface area contributed by atoms with E-state index < -0.39 is 0 Å². The molecule has 3 aromatic rings. The molecule has 2 saturated heterocycles. The number of tetrazole rings is 1. The van der Waals surface area contributed by atoms with Crippen molar-refractivity contribution in [2.75, 3.05) is 51.9 Å². The Bertz CT molecular complexity index is 1040. The average molecular weight is 465 g/mol. The largest absolute Gasteiger partial charge is 0.497 e. The number of rotatable bonds is 8. The van der Waals surface area contributed by atoms with Crippen molar-refractivity contribution in [2.45, 2.75) is 31.5 Å². The molecule has 0 spiro atoms. The van der Waals surface area contributed by atoms with Gasteiger partial charge in [-0.1, -0.05) is 12.1 Å². The van der Waals surface area contributed by atoms with E-state index in [9.17, 15) is 0 Å². The summed E-state index contributed by atoms with van der Waals surface area (Å²) in [4.78, 5) is 4.88. The van der Waals surface area contributed by atoms with E-state index in [2.05, 4.69) is 49.6 Å². The molecule has 1 aromatic heterocycles. The lowest BCUT2D eigenvalue weighted by molar-refractivity contribution is 0.0906. The van der Waals surface area contributed by atoms with Crippen LogP contribution in [-0.4, -0.2) is 78.2 Å². The van der Waals surface area contributed by atoms with Crippen molar-refractivity contribution < 1.29 is 14.2 Å². The zero-order chi connectivity index (χ0) is 23.3. The smallest absolute Gasteiger partial charge is 0.173 e. The Morgan fingerprint density at radius 1 is 0.941 bits per heavy atom. The second kappa shape index (κ2) is 10.4. The lowest BCUT2D eigenvalue weighted by Crippen LogP contribution is -2.48. The Morgan fingerprint density at radius 2 is 1.62 bits per heavy atom. The minimum atomic E-state index is -0.0414. The summed E-state index contributed by atoms with van der Waals surface area (Å²) in [6.45, 7) is 5.14. The fourth-order valence-electron chi connectivity index (χ4n) is 4.86.